The molecule has 0 aromatic heterocycles. The highest BCUT2D eigenvalue weighted by Gasteiger charge is 2.20. The van der Waals surface area contributed by atoms with Crippen LogP contribution in [0.15, 0.2) is 157 Å². The second-order valence-electron chi connectivity index (χ2n) is 10.3. The molecule has 0 heterocycles. The Bertz CT molecular complexity index is 1540. The molecule has 0 bridgehead atoms. The van der Waals surface area contributed by atoms with Crippen LogP contribution in [0.3, 0.4) is 0 Å². The van der Waals surface area contributed by atoms with Crippen molar-refractivity contribution in [2.75, 3.05) is 13.1 Å². The van der Waals surface area contributed by atoms with Crippen molar-refractivity contribution in [2.45, 2.75) is 64.4 Å². The minimum Gasteiger partial charge on any atom is -0.390 e. The number of benzene rings is 4. The summed E-state index contributed by atoms with van der Waals surface area (Å²) in [6.45, 7) is 8.81. The molecule has 0 saturated carbocycles. The predicted molar refractivity (Wildman–Crippen MR) is 212 cm³/mol. The second kappa shape index (κ2) is 30.2. The molecule has 0 aliphatic heterocycles. The molecule has 51 heavy (non-hydrogen) atoms. The normalized spacial score (nSPS) is 12.0. The number of azide groups is 2. The maximum atomic E-state index is 9.66. The van der Waals surface area contributed by atoms with Crippen molar-refractivity contribution >= 4 is 15.9 Å². The number of ether oxygens (including phenoxy) is 3. The number of alkyl halides is 1. The molecule has 0 saturated heterocycles. The van der Waals surface area contributed by atoms with E-state index in [1.807, 2.05) is 109 Å². The van der Waals surface area contributed by atoms with Crippen LogP contribution in [0.25, 0.3) is 20.9 Å². The predicted octanol–water partition coefficient (Wildman–Crippen LogP) is 10.9. The zero-order valence-corrected chi connectivity index (χ0v) is 29.0. The molecule has 272 valence electrons. The van der Waals surface area contributed by atoms with Crippen LogP contribution in [0.2, 0.25) is 0 Å². The largest absolute Gasteiger partial charge is 0.390 e. The Balaban J connectivity index is 0.000000806. The highest BCUT2D eigenvalue weighted by molar-refractivity contribution is 9.08. The van der Waals surface area contributed by atoms with Gasteiger partial charge in [-0.05, 0) is 33.3 Å². The molecule has 0 spiro atoms. The van der Waals surface area contributed by atoms with Crippen molar-refractivity contribution in [3.63, 3.8) is 0 Å². The lowest BCUT2D eigenvalue weighted by Gasteiger charge is -2.24. The van der Waals surface area contributed by atoms with Gasteiger partial charge in [-0.2, -0.15) is 0 Å². The smallest absolute Gasteiger partial charge is 0.102 e. The maximum Gasteiger partial charge on any atom is 0.102 e. The summed E-state index contributed by atoms with van der Waals surface area (Å²) in [6, 6.07) is 39.6. The van der Waals surface area contributed by atoms with Crippen LogP contribution in [-0.4, -0.2) is 42.6 Å². The molecule has 4 rings (SSSR count). The second-order valence-corrected chi connectivity index (χ2v) is 10.9. The monoisotopic (exact) mass is 758 g/mol. The van der Waals surface area contributed by atoms with Crippen molar-refractivity contribution in [1.29, 1.82) is 0 Å². The van der Waals surface area contributed by atoms with E-state index < -0.39 is 12.2 Å². The Morgan fingerprint density at radius 2 is 0.941 bits per heavy atom. The van der Waals surface area contributed by atoms with Gasteiger partial charge in [0.15, 0.2) is 0 Å². The van der Waals surface area contributed by atoms with Crippen molar-refractivity contribution < 1.29 is 19.3 Å². The summed E-state index contributed by atoms with van der Waals surface area (Å²) in [5, 5.41) is 17.5. The van der Waals surface area contributed by atoms with Crippen LogP contribution >= 0.6 is 15.9 Å². The maximum absolute atomic E-state index is 9.66. The molecule has 1 N–H and O–H groups in total. The van der Waals surface area contributed by atoms with E-state index in [-0.39, 0.29) is 40.2 Å². The molecule has 11 heteroatoms. The molecular formula is C40H51BrN6O4. The van der Waals surface area contributed by atoms with Crippen LogP contribution in [0, 0.1) is 0 Å². The summed E-state index contributed by atoms with van der Waals surface area (Å²) in [5.74, 6) is 0. The van der Waals surface area contributed by atoms with Gasteiger partial charge in [0, 0.05) is 15.2 Å². The first-order chi connectivity index (χ1) is 24.0. The molecule has 0 amide bonds. The fourth-order valence-corrected chi connectivity index (χ4v) is 4.51. The minimum absolute atomic E-state index is 0. The van der Waals surface area contributed by atoms with Gasteiger partial charge in [0.25, 0.3) is 0 Å². The Morgan fingerprint density at radius 1 is 0.588 bits per heavy atom. The Hall–Kier alpha value is -4.70. The average Bonchev–Trinajstić information content (AvgIpc) is 3.17. The molecule has 0 aliphatic rings. The third-order valence-electron chi connectivity index (χ3n) is 6.74. The van der Waals surface area contributed by atoms with Crippen molar-refractivity contribution in [2.24, 2.45) is 10.2 Å². The Labute approximate surface area is 311 Å². The first-order valence-corrected chi connectivity index (χ1v) is 16.7. The van der Waals surface area contributed by atoms with Gasteiger partial charge < -0.3 is 19.3 Å². The van der Waals surface area contributed by atoms with Gasteiger partial charge in [-0.25, -0.2) is 0 Å². The first kappa shape index (κ1) is 46.3. The average molecular weight is 760 g/mol. The number of rotatable bonds is 18. The minimum atomic E-state index is -0.868. The SMILES string of the molecule is BrCc1ccccc1.C.C.C=C[C@@H](OCc1ccccc1)[C@@H](O)CN=[N+]=[N-].C=C[C@@H](OCc1ccccc1)[C@H](CN=[N+]=[N-])OCc1ccccc1. The molecule has 0 fully saturated rings. The van der Waals surface area contributed by atoms with Gasteiger partial charge in [0.05, 0.1) is 45.1 Å². The highest BCUT2D eigenvalue weighted by Crippen LogP contribution is 2.14. The summed E-state index contributed by atoms with van der Waals surface area (Å²) in [5.41, 5.74) is 21.2. The first-order valence-electron chi connectivity index (χ1n) is 15.6. The molecular weight excluding hydrogens is 708 g/mol. The summed E-state index contributed by atoms with van der Waals surface area (Å²) in [6.07, 6.45) is 1.03. The van der Waals surface area contributed by atoms with Gasteiger partial charge in [0.2, 0.25) is 0 Å². The summed E-state index contributed by atoms with van der Waals surface area (Å²) in [7, 11) is 0. The van der Waals surface area contributed by atoms with Crippen LogP contribution in [0.4, 0.5) is 0 Å². The molecule has 0 aliphatic carbocycles. The number of hydrogen-bond acceptors (Lipinski definition) is 6. The summed E-state index contributed by atoms with van der Waals surface area (Å²) < 4.78 is 17.3. The summed E-state index contributed by atoms with van der Waals surface area (Å²) >= 11 is 3.36. The fourth-order valence-electron chi connectivity index (χ4n) is 4.13. The van der Waals surface area contributed by atoms with E-state index in [2.05, 4.69) is 61.3 Å². The summed E-state index contributed by atoms with van der Waals surface area (Å²) in [4.78, 5) is 5.41. The van der Waals surface area contributed by atoms with Gasteiger partial charge >= 0.3 is 0 Å². The number of aliphatic hydroxyl groups is 1. The van der Waals surface area contributed by atoms with Crippen LogP contribution in [-0.2, 0) is 39.4 Å². The standard InChI is InChI=1S/C19H21N3O2.C12H15N3O2.C7H7Br.2CH4/c1-2-18(23-14-16-9-5-3-6-10-16)19(13-21-22-20)24-15-17-11-7-4-8-12-17;1-2-12(11(16)8-14-15-13)17-9-10-6-4-3-5-7-10;8-6-7-4-2-1-3-5-7;;/h2-12,18-19H,1,13-15H2;2-7,11-12,16H,1,8-9H2;1-5H,6H2;2*1H4/t18-,19+;11-,12+;;;/m10.../s1. The molecule has 10 nitrogen and oxygen atoms in total. The van der Waals surface area contributed by atoms with E-state index in [0.717, 1.165) is 22.0 Å². The molecule has 4 aromatic rings. The molecule has 0 unspecified atom stereocenters. The number of nitrogens with zero attached hydrogens (tertiary/aromatic N) is 6. The van der Waals surface area contributed by atoms with Crippen LogP contribution in [0.1, 0.15) is 37.1 Å². The molecule has 4 atom stereocenters. The lowest BCUT2D eigenvalue weighted by molar-refractivity contribution is -0.0596. The van der Waals surface area contributed by atoms with Crippen LogP contribution in [0.5, 0.6) is 0 Å². The number of aliphatic hydroxyl groups excluding tert-OH is 1. The molecule has 4 aromatic carbocycles. The van der Waals surface area contributed by atoms with E-state index in [1.165, 1.54) is 11.6 Å². The third kappa shape index (κ3) is 20.5. The zero-order valence-electron chi connectivity index (χ0n) is 27.4. The van der Waals surface area contributed by atoms with Crippen molar-refractivity contribution in [3.05, 3.63) is 190 Å². The number of halogens is 1. The van der Waals surface area contributed by atoms with E-state index in [1.54, 1.807) is 6.08 Å². The third-order valence-corrected chi connectivity index (χ3v) is 7.39. The van der Waals surface area contributed by atoms with Crippen LogP contribution < -0.4 is 0 Å². The van der Waals surface area contributed by atoms with Gasteiger partial charge in [0.1, 0.15) is 12.2 Å². The number of hydrogen-bond donors (Lipinski definition) is 1. The lowest BCUT2D eigenvalue weighted by atomic mass is 10.2. The lowest BCUT2D eigenvalue weighted by Crippen LogP contribution is -2.32. The van der Waals surface area contributed by atoms with Gasteiger partial charge in [-0.1, -0.05) is 174 Å². The van der Waals surface area contributed by atoms with E-state index >= 15 is 0 Å². The highest BCUT2D eigenvalue weighted by atomic mass is 79.9. The van der Waals surface area contributed by atoms with E-state index in [0.29, 0.717) is 19.8 Å². The van der Waals surface area contributed by atoms with Gasteiger partial charge in [-0.3, -0.25) is 0 Å². The molecule has 0 radical (unpaired) electrons. The van der Waals surface area contributed by atoms with Gasteiger partial charge in [-0.15, -0.1) is 13.2 Å². The van der Waals surface area contributed by atoms with E-state index in [9.17, 15) is 5.11 Å². The zero-order chi connectivity index (χ0) is 35.4. The van der Waals surface area contributed by atoms with E-state index in [4.69, 9.17) is 25.3 Å². The van der Waals surface area contributed by atoms with Crippen molar-refractivity contribution in [3.8, 4) is 0 Å². The quantitative estimate of drug-likeness (QED) is 0.0354. The fraction of sp³-hybridized carbons (Fsp3) is 0.300. The Morgan fingerprint density at radius 3 is 1.29 bits per heavy atom. The topological polar surface area (TPSA) is 145 Å². The Kier molecular flexibility index (Phi) is 27.4. The van der Waals surface area contributed by atoms with Crippen molar-refractivity contribution in [1.82, 2.24) is 0 Å².